The van der Waals surface area contributed by atoms with Gasteiger partial charge in [-0.1, -0.05) is 298 Å². The van der Waals surface area contributed by atoms with Crippen LogP contribution in [0.15, 0.2) is 85.1 Å². The van der Waals surface area contributed by atoms with Crippen LogP contribution in [0.1, 0.15) is 329 Å². The molecule has 0 aliphatic carbocycles. The fourth-order valence-electron chi connectivity index (χ4n) is 9.44. The minimum Gasteiger partial charge on any atom is -0.462 e. The number of unbranched alkanes of at least 4 members (excludes halogenated alkanes) is 35. The Morgan fingerprint density at radius 2 is 0.506 bits per heavy atom. The highest BCUT2D eigenvalue weighted by Crippen LogP contribution is 2.17. The summed E-state index contributed by atoms with van der Waals surface area (Å²) in [7, 11) is 0. The van der Waals surface area contributed by atoms with Crippen molar-refractivity contribution < 1.29 is 28.6 Å². The molecule has 0 saturated heterocycles. The minimum absolute atomic E-state index is 0.0768. The topological polar surface area (TPSA) is 78.9 Å². The van der Waals surface area contributed by atoms with Crippen molar-refractivity contribution in [2.45, 2.75) is 335 Å². The van der Waals surface area contributed by atoms with E-state index in [0.717, 1.165) is 103 Å². The Labute approximate surface area is 477 Å². The zero-order valence-electron chi connectivity index (χ0n) is 51.0. The van der Waals surface area contributed by atoms with Crippen LogP contribution >= 0.6 is 0 Å². The van der Waals surface area contributed by atoms with Crippen molar-refractivity contribution in [2.24, 2.45) is 0 Å². The van der Waals surface area contributed by atoms with E-state index in [-0.39, 0.29) is 31.1 Å². The minimum atomic E-state index is -0.781. The van der Waals surface area contributed by atoms with E-state index < -0.39 is 6.10 Å². The van der Waals surface area contributed by atoms with E-state index in [0.29, 0.717) is 19.3 Å². The third kappa shape index (κ3) is 63.3. The van der Waals surface area contributed by atoms with E-state index in [9.17, 15) is 14.4 Å². The molecule has 6 heteroatoms. The molecule has 0 aliphatic rings. The molecule has 0 aliphatic heterocycles. The van der Waals surface area contributed by atoms with Gasteiger partial charge in [-0.05, 0) is 96.3 Å². The lowest BCUT2D eigenvalue weighted by atomic mass is 10.0. The number of carbonyl (C=O) groups is 3. The number of ether oxygens (including phenoxy) is 3. The van der Waals surface area contributed by atoms with Crippen molar-refractivity contribution in [1.29, 1.82) is 0 Å². The van der Waals surface area contributed by atoms with E-state index in [2.05, 4.69) is 106 Å². The summed E-state index contributed by atoms with van der Waals surface area (Å²) >= 11 is 0. The van der Waals surface area contributed by atoms with Gasteiger partial charge in [-0.25, -0.2) is 0 Å². The molecule has 0 aromatic carbocycles. The molecule has 0 saturated carbocycles. The van der Waals surface area contributed by atoms with Crippen molar-refractivity contribution in [2.75, 3.05) is 13.2 Å². The molecular formula is C71H124O6. The van der Waals surface area contributed by atoms with Crippen LogP contribution in [0.25, 0.3) is 0 Å². The van der Waals surface area contributed by atoms with E-state index in [1.807, 2.05) is 0 Å². The third-order valence-corrected chi connectivity index (χ3v) is 14.4. The molecule has 0 rings (SSSR count). The Hall–Kier alpha value is -3.41. The van der Waals surface area contributed by atoms with Crippen LogP contribution in [-0.2, 0) is 28.6 Å². The van der Waals surface area contributed by atoms with Crippen LogP contribution < -0.4 is 0 Å². The maximum atomic E-state index is 12.9. The average Bonchev–Trinajstić information content (AvgIpc) is 3.43. The first-order valence-electron chi connectivity index (χ1n) is 33.1. The van der Waals surface area contributed by atoms with E-state index >= 15 is 0 Å². The van der Waals surface area contributed by atoms with Crippen molar-refractivity contribution >= 4 is 17.9 Å². The first-order valence-corrected chi connectivity index (χ1v) is 33.1. The highest BCUT2D eigenvalue weighted by atomic mass is 16.6. The molecule has 0 aromatic heterocycles. The quantitative estimate of drug-likeness (QED) is 0.0261. The summed E-state index contributed by atoms with van der Waals surface area (Å²) in [6.07, 6.45) is 85.9. The van der Waals surface area contributed by atoms with Crippen molar-refractivity contribution in [1.82, 2.24) is 0 Å². The first-order chi connectivity index (χ1) is 38.0. The van der Waals surface area contributed by atoms with E-state index in [4.69, 9.17) is 14.2 Å². The van der Waals surface area contributed by atoms with Gasteiger partial charge in [0.25, 0.3) is 0 Å². The van der Waals surface area contributed by atoms with Crippen LogP contribution in [0.3, 0.4) is 0 Å². The molecular weight excluding hydrogens is 949 g/mol. The summed E-state index contributed by atoms with van der Waals surface area (Å²) in [5.41, 5.74) is 0. The summed E-state index contributed by atoms with van der Waals surface area (Å²) in [6, 6.07) is 0. The molecule has 0 heterocycles. The number of carbonyl (C=O) groups excluding carboxylic acids is 3. The first kappa shape index (κ1) is 73.6. The van der Waals surface area contributed by atoms with Gasteiger partial charge in [-0.3, -0.25) is 14.4 Å². The number of hydrogen-bond donors (Lipinski definition) is 0. The molecule has 0 aromatic rings. The second kappa shape index (κ2) is 65.1. The normalized spacial score (nSPS) is 12.6. The molecule has 1 unspecified atom stereocenters. The van der Waals surface area contributed by atoms with Crippen LogP contribution in [0.2, 0.25) is 0 Å². The Morgan fingerprint density at radius 1 is 0.273 bits per heavy atom. The lowest BCUT2D eigenvalue weighted by Crippen LogP contribution is -2.30. The summed E-state index contributed by atoms with van der Waals surface area (Å²) in [4.78, 5) is 38.4. The van der Waals surface area contributed by atoms with Crippen LogP contribution in [0.5, 0.6) is 0 Å². The molecule has 444 valence electrons. The summed E-state index contributed by atoms with van der Waals surface area (Å²) in [5, 5.41) is 0. The van der Waals surface area contributed by atoms with Crippen LogP contribution in [-0.4, -0.2) is 37.2 Å². The molecule has 0 bridgehead atoms. The maximum absolute atomic E-state index is 12.9. The Bertz CT molecular complexity index is 1470. The van der Waals surface area contributed by atoms with Gasteiger partial charge in [-0.2, -0.15) is 0 Å². The van der Waals surface area contributed by atoms with Crippen molar-refractivity contribution in [3.8, 4) is 0 Å². The number of hydrogen-bond acceptors (Lipinski definition) is 6. The smallest absolute Gasteiger partial charge is 0.306 e. The largest absolute Gasteiger partial charge is 0.462 e. The Kier molecular flexibility index (Phi) is 62.2. The molecule has 6 nitrogen and oxygen atoms in total. The summed E-state index contributed by atoms with van der Waals surface area (Å²) in [5.74, 6) is -0.872. The number of esters is 3. The number of rotatable bonds is 60. The van der Waals surface area contributed by atoms with Gasteiger partial charge >= 0.3 is 17.9 Å². The van der Waals surface area contributed by atoms with Crippen molar-refractivity contribution in [3.05, 3.63) is 85.1 Å². The molecule has 0 fully saturated rings. The van der Waals surface area contributed by atoms with Gasteiger partial charge < -0.3 is 14.2 Å². The fourth-order valence-corrected chi connectivity index (χ4v) is 9.44. The summed E-state index contributed by atoms with van der Waals surface area (Å²) in [6.45, 7) is 6.53. The second-order valence-electron chi connectivity index (χ2n) is 22.0. The lowest BCUT2D eigenvalue weighted by molar-refractivity contribution is -0.167. The predicted molar refractivity (Wildman–Crippen MR) is 334 cm³/mol. The second-order valence-corrected chi connectivity index (χ2v) is 22.0. The van der Waals surface area contributed by atoms with Gasteiger partial charge in [0, 0.05) is 19.3 Å². The Morgan fingerprint density at radius 3 is 0.818 bits per heavy atom. The molecule has 0 spiro atoms. The lowest BCUT2D eigenvalue weighted by Gasteiger charge is -2.18. The summed E-state index contributed by atoms with van der Waals surface area (Å²) < 4.78 is 17.0. The maximum Gasteiger partial charge on any atom is 0.306 e. The monoisotopic (exact) mass is 1070 g/mol. The predicted octanol–water partition coefficient (Wildman–Crippen LogP) is 22.7. The van der Waals surface area contributed by atoms with Gasteiger partial charge in [-0.15, -0.1) is 0 Å². The van der Waals surface area contributed by atoms with E-state index in [1.165, 1.54) is 186 Å². The standard InChI is InChI=1S/C71H124O6/c1-4-7-10-13-16-19-22-25-28-30-31-32-33-34-35-36-37-38-39-41-43-46-49-52-55-58-61-64-70(73)76-67-68(66-75-69(72)63-60-57-54-51-48-45-42-27-24-21-18-15-12-9-6-3)77-71(74)65-62-59-56-53-50-47-44-40-29-26-23-20-17-14-11-8-5-2/h7,10,16-17,19-20,25-26,28-29,31-32,34-35,68H,4-6,8-9,11-15,18,21-24,27,30,33,36-67H2,1-3H3/b10-7-,19-16-,20-17-,28-25-,29-26-,32-31-,35-34-. The zero-order valence-corrected chi connectivity index (χ0v) is 51.0. The SMILES string of the molecule is CC/C=C\C/C=C\C/C=C\C/C=C\C/C=C\CCCCCCCCCCCCCC(=O)OCC(COC(=O)CCCCCCCCCCCCCCCCC)OC(=O)CCCCCCCCC/C=C\C/C=C\CCCCC. The highest BCUT2D eigenvalue weighted by Gasteiger charge is 2.19. The molecule has 0 N–H and O–H groups in total. The Balaban J connectivity index is 4.31. The van der Waals surface area contributed by atoms with Gasteiger partial charge in [0.15, 0.2) is 6.10 Å². The van der Waals surface area contributed by atoms with Gasteiger partial charge in [0.2, 0.25) is 0 Å². The zero-order chi connectivity index (χ0) is 55.7. The van der Waals surface area contributed by atoms with Crippen LogP contribution in [0.4, 0.5) is 0 Å². The van der Waals surface area contributed by atoms with E-state index in [1.54, 1.807) is 0 Å². The fraction of sp³-hybridized carbons (Fsp3) is 0.761. The molecule has 1 atom stereocenters. The van der Waals surface area contributed by atoms with Gasteiger partial charge in [0.1, 0.15) is 13.2 Å². The number of allylic oxidation sites excluding steroid dienone is 14. The van der Waals surface area contributed by atoms with Gasteiger partial charge in [0.05, 0.1) is 0 Å². The molecule has 0 amide bonds. The highest BCUT2D eigenvalue weighted by molar-refractivity contribution is 5.71. The molecule has 77 heavy (non-hydrogen) atoms. The van der Waals surface area contributed by atoms with Crippen molar-refractivity contribution in [3.63, 3.8) is 0 Å². The molecule has 0 radical (unpaired) electrons. The van der Waals surface area contributed by atoms with Crippen LogP contribution in [0, 0.1) is 0 Å². The average molecular weight is 1070 g/mol. The third-order valence-electron chi connectivity index (χ3n) is 14.4.